The predicted octanol–water partition coefficient (Wildman–Crippen LogP) is 13.9. The number of nitrogens with zero attached hydrogens (tertiary/aromatic N) is 5. The zero-order valence-corrected chi connectivity index (χ0v) is 38.3. The third kappa shape index (κ3) is 12.2. The van der Waals surface area contributed by atoms with E-state index < -0.39 is 59.1 Å². The molecule has 5 rings (SSSR count). The first kappa shape index (κ1) is 57.7. The molecule has 1 aromatic heterocycles. The minimum Gasteiger partial charge on any atom is -0.462 e. The van der Waals surface area contributed by atoms with Crippen molar-refractivity contribution in [1.29, 1.82) is 5.53 Å². The van der Waals surface area contributed by atoms with Crippen LogP contribution in [0, 0.1) is 45.6 Å². The second kappa shape index (κ2) is 22.0. The lowest BCUT2D eigenvalue weighted by molar-refractivity contribution is -0.349. The summed E-state index contributed by atoms with van der Waals surface area (Å²) in [6.07, 6.45) is -18.2. The van der Waals surface area contributed by atoms with Crippen molar-refractivity contribution in [2.75, 3.05) is 13.2 Å². The fraction of sp³-hybridized carbons (Fsp3) is 0.318. The molecule has 5 aromatic rings. The maximum atomic E-state index is 14.5. The summed E-state index contributed by atoms with van der Waals surface area (Å²) in [6.45, 7) is 8.63. The lowest BCUT2D eigenvalue weighted by atomic mass is 9.88. The van der Waals surface area contributed by atoms with Crippen LogP contribution in [0.2, 0.25) is 10.0 Å². The number of terminal acetylenes is 1. The SMILES string of the molecule is C#Cc1c(C)cc(C(F)(C(F)(F)F)C(F)(F)F)cc1C.CCOC(=O)c1cc(-n2cc(-c3c(C)cc(C(F)(C(F)(F)F)C(F)(F)F)cc3C)nn2)ccc1Cl.CCOC(=O)c1cc(N=[N+]=N)ccc1Cl. The summed E-state index contributed by atoms with van der Waals surface area (Å²) in [5.74, 6) is 0.950. The highest BCUT2D eigenvalue weighted by atomic mass is 35.5. The zero-order valence-electron chi connectivity index (χ0n) is 36.8. The molecule has 0 fully saturated rings. The Balaban J connectivity index is 0.000000311. The highest BCUT2D eigenvalue weighted by molar-refractivity contribution is 6.34. The lowest BCUT2D eigenvalue weighted by Crippen LogP contribution is -2.50. The van der Waals surface area contributed by atoms with Crippen molar-refractivity contribution < 1.29 is 80.5 Å². The molecule has 4 aromatic carbocycles. The monoisotopic (exact) mass is 1050 g/mol. The number of aromatic nitrogens is 3. The van der Waals surface area contributed by atoms with E-state index in [4.69, 9.17) is 44.6 Å². The number of alkyl halides is 14. The lowest BCUT2D eigenvalue weighted by Gasteiger charge is -2.31. The van der Waals surface area contributed by atoms with Crippen molar-refractivity contribution >= 4 is 40.8 Å². The molecule has 1 heterocycles. The van der Waals surface area contributed by atoms with Crippen molar-refractivity contribution in [2.24, 2.45) is 5.11 Å². The molecule has 0 amide bonds. The first-order chi connectivity index (χ1) is 32.2. The Morgan fingerprint density at radius 3 is 1.46 bits per heavy atom. The van der Waals surface area contributed by atoms with Gasteiger partial charge in [0.05, 0.1) is 46.3 Å². The fourth-order valence-corrected chi connectivity index (χ4v) is 6.85. The normalized spacial score (nSPS) is 12.1. The van der Waals surface area contributed by atoms with Crippen LogP contribution >= 0.6 is 23.2 Å². The maximum absolute atomic E-state index is 14.5. The number of nitrogens with one attached hydrogen (secondary N) is 1. The molecule has 1 N–H and O–H groups in total. The number of hydrogen-bond donors (Lipinski definition) is 1. The molecule has 376 valence electrons. The van der Waals surface area contributed by atoms with Gasteiger partial charge in [-0.1, -0.05) is 58.6 Å². The van der Waals surface area contributed by atoms with E-state index in [0.717, 1.165) is 0 Å². The summed E-state index contributed by atoms with van der Waals surface area (Å²) in [6, 6.07) is 10.7. The van der Waals surface area contributed by atoms with Crippen LogP contribution in [0.15, 0.2) is 72.0 Å². The van der Waals surface area contributed by atoms with Crippen LogP contribution in [-0.2, 0) is 20.8 Å². The Hall–Kier alpha value is -6.57. The van der Waals surface area contributed by atoms with Gasteiger partial charge in [-0.05, 0) is 100 Å². The summed E-state index contributed by atoms with van der Waals surface area (Å²) in [7, 11) is 0. The fourth-order valence-electron chi connectivity index (χ4n) is 6.46. The highest BCUT2D eigenvalue weighted by Gasteiger charge is 2.74. The van der Waals surface area contributed by atoms with Crippen molar-refractivity contribution in [3.05, 3.63) is 127 Å². The van der Waals surface area contributed by atoms with E-state index in [9.17, 15) is 71.1 Å². The van der Waals surface area contributed by atoms with Crippen molar-refractivity contribution in [3.63, 3.8) is 0 Å². The quantitative estimate of drug-likeness (QED) is 0.0514. The van der Waals surface area contributed by atoms with Gasteiger partial charge in [0.15, 0.2) is 10.8 Å². The number of carbonyl (C=O) groups is 2. The molecule has 0 aliphatic carbocycles. The molecular formula is C44H35Cl2F14N6O4+. The van der Waals surface area contributed by atoms with Crippen molar-refractivity contribution in [3.8, 4) is 29.3 Å². The van der Waals surface area contributed by atoms with Gasteiger partial charge in [-0.25, -0.2) is 23.1 Å². The molecule has 0 spiro atoms. The van der Waals surface area contributed by atoms with E-state index in [1.807, 2.05) is 0 Å². The summed E-state index contributed by atoms with van der Waals surface area (Å²) in [5.41, 5.74) is -6.32. The number of hydrogen-bond acceptors (Lipinski definition) is 8. The topological polar surface area (TPSA) is 134 Å². The first-order valence-electron chi connectivity index (χ1n) is 19.4. The van der Waals surface area contributed by atoms with E-state index in [1.165, 1.54) is 68.9 Å². The van der Waals surface area contributed by atoms with Gasteiger partial charge in [0.1, 0.15) is 11.2 Å². The molecule has 0 radical (unpaired) electrons. The Bertz CT molecular complexity index is 2760. The van der Waals surface area contributed by atoms with Crippen LogP contribution in [0.4, 0.5) is 67.2 Å². The van der Waals surface area contributed by atoms with Crippen LogP contribution in [0.5, 0.6) is 0 Å². The van der Waals surface area contributed by atoms with Crippen LogP contribution in [0.3, 0.4) is 0 Å². The summed E-state index contributed by atoms with van der Waals surface area (Å²) in [4.78, 5) is 26.3. The minimum absolute atomic E-state index is 0.0296. The molecule has 26 heteroatoms. The first-order valence-corrected chi connectivity index (χ1v) is 20.2. The highest BCUT2D eigenvalue weighted by Crippen LogP contribution is 2.55. The Labute approximate surface area is 398 Å². The van der Waals surface area contributed by atoms with Gasteiger partial charge in [0.25, 0.3) is 0 Å². The van der Waals surface area contributed by atoms with Gasteiger partial charge in [-0.2, -0.15) is 52.7 Å². The van der Waals surface area contributed by atoms with Crippen LogP contribution < -0.4 is 4.91 Å². The molecule has 0 aliphatic heterocycles. The summed E-state index contributed by atoms with van der Waals surface area (Å²) < 4.78 is 194. The van der Waals surface area contributed by atoms with E-state index >= 15 is 0 Å². The van der Waals surface area contributed by atoms with Crippen LogP contribution in [-0.4, -0.2) is 64.9 Å². The average molecular weight is 1050 g/mol. The summed E-state index contributed by atoms with van der Waals surface area (Å²) in [5, 5.41) is 11.7. The number of halogens is 16. The molecule has 0 atom stereocenters. The van der Waals surface area contributed by atoms with Crippen molar-refractivity contribution in [1.82, 2.24) is 19.9 Å². The number of benzene rings is 4. The third-order valence-electron chi connectivity index (χ3n) is 9.64. The Kier molecular flexibility index (Phi) is 18.2. The van der Waals surface area contributed by atoms with Gasteiger partial charge < -0.3 is 9.47 Å². The van der Waals surface area contributed by atoms with E-state index in [1.54, 1.807) is 19.9 Å². The number of esters is 2. The van der Waals surface area contributed by atoms with Gasteiger partial charge in [-0.3, -0.25) is 0 Å². The Morgan fingerprint density at radius 2 is 1.07 bits per heavy atom. The molecule has 0 saturated carbocycles. The molecule has 0 saturated heterocycles. The largest absolute Gasteiger partial charge is 0.462 e. The molecule has 70 heavy (non-hydrogen) atoms. The minimum atomic E-state index is -6.22. The number of rotatable bonds is 9. The van der Waals surface area contributed by atoms with Gasteiger partial charge in [0.2, 0.25) is 4.91 Å². The molecule has 10 nitrogen and oxygen atoms in total. The number of carbonyl (C=O) groups excluding carboxylic acids is 2. The Morgan fingerprint density at radius 1 is 0.671 bits per heavy atom. The van der Waals surface area contributed by atoms with E-state index in [2.05, 4.69) is 26.3 Å². The van der Waals surface area contributed by atoms with E-state index in [-0.39, 0.29) is 73.5 Å². The second-order valence-corrected chi connectivity index (χ2v) is 15.3. The molecular weight excluding hydrogens is 1010 g/mol. The van der Waals surface area contributed by atoms with Crippen LogP contribution in [0.25, 0.3) is 16.9 Å². The molecule has 0 aliphatic rings. The van der Waals surface area contributed by atoms with Gasteiger partial charge >= 0.3 is 48.0 Å². The third-order valence-corrected chi connectivity index (χ3v) is 10.3. The smallest absolute Gasteiger partial charge is 0.435 e. The van der Waals surface area contributed by atoms with Crippen molar-refractivity contribution in [2.45, 2.75) is 77.6 Å². The van der Waals surface area contributed by atoms with Gasteiger partial charge in [-0.15, -0.1) is 11.5 Å². The van der Waals surface area contributed by atoms with Gasteiger partial charge in [0, 0.05) is 22.3 Å². The summed E-state index contributed by atoms with van der Waals surface area (Å²) >= 11 is 11.8. The second-order valence-electron chi connectivity index (χ2n) is 14.4. The number of aryl methyl sites for hydroxylation is 4. The zero-order chi connectivity index (χ0) is 53.5. The van der Waals surface area contributed by atoms with E-state index in [0.29, 0.717) is 35.6 Å². The molecule has 0 unspecified atom stereocenters. The predicted molar refractivity (Wildman–Crippen MR) is 225 cm³/mol. The maximum Gasteiger partial charge on any atom is 0.435 e. The standard InChI is InChI=1S/C22H17ClF7N3O2.C13H9F7.C9H9ClN3O2/c1-4-35-19(34)15-9-14(5-6-16(15)23)33-10-17(31-32-33)18-11(2)7-13(8-12(18)3)20(24,21(25,26)27)22(28,29)30;1-4-10-7(2)5-9(6-8(10)3)11(14,12(15,16)17)13(18,19)20;1-2-15-9(14)7-5-6(12-13-11)3-4-8(7)10/h5-10H,4H2,1-3H3;1,5-6H,2-3H3;3-5,11H,2H2,1H3/q;;+1. The van der Waals surface area contributed by atoms with Crippen LogP contribution in [0.1, 0.15) is 73.5 Å². The number of ether oxygens (including phenoxy) is 2. The molecule has 0 bridgehead atoms. The average Bonchev–Trinajstić information content (AvgIpc) is 3.72.